The number of nitrogens with one attached hydrogen (secondary N) is 1. The van der Waals surface area contributed by atoms with E-state index in [1.54, 1.807) is 17.3 Å². The molecule has 13 heteroatoms. The lowest BCUT2D eigenvalue weighted by atomic mass is 9.74. The van der Waals surface area contributed by atoms with Crippen molar-refractivity contribution in [3.63, 3.8) is 0 Å². The predicted octanol–water partition coefficient (Wildman–Crippen LogP) is 2.87. The molecular formula is C21H22FN7O3S2. The molecule has 1 fully saturated rings. The monoisotopic (exact) mass is 503 g/mol. The van der Waals surface area contributed by atoms with Gasteiger partial charge in [0.05, 0.1) is 23.8 Å². The number of carbonyl (C=O) groups excluding carboxylic acids is 1. The Kier molecular flexibility index (Phi) is 5.68. The minimum absolute atomic E-state index is 0.0344. The molecule has 2 aromatic heterocycles. The third-order valence-electron chi connectivity index (χ3n) is 6.42. The standard InChI is InChI=1S/C21H22FN7O3S2/c1-2-34(31,32)29-12-21(15-9-14(22)3-4-17(15)29)5-7-28(8-6-21)20(30)26-18-11-23-16(10-24-18)19-27-25-13-33-19/h3-4,9-11,13H,2,5-8,12H2,1H3,(H,24,26,30). The molecule has 0 unspecified atom stereocenters. The minimum Gasteiger partial charge on any atom is -0.324 e. The highest BCUT2D eigenvalue weighted by Gasteiger charge is 2.48. The number of carbonyl (C=O) groups is 1. The third-order valence-corrected chi connectivity index (χ3v) is 8.86. The van der Waals surface area contributed by atoms with Crippen molar-refractivity contribution in [1.29, 1.82) is 0 Å². The second-order valence-electron chi connectivity index (χ2n) is 8.30. The molecule has 0 saturated carbocycles. The zero-order valence-corrected chi connectivity index (χ0v) is 19.9. The number of fused-ring (bicyclic) bond motifs is 2. The SMILES string of the molecule is CCS(=O)(=O)N1CC2(CCN(C(=O)Nc3cnc(-c4nncs4)cn3)CC2)c2cc(F)ccc21. The normalized spacial score (nSPS) is 17.1. The van der Waals surface area contributed by atoms with Gasteiger partial charge < -0.3 is 4.90 Å². The van der Waals surface area contributed by atoms with Gasteiger partial charge in [-0.2, -0.15) is 0 Å². The Morgan fingerprint density at radius 2 is 2.03 bits per heavy atom. The van der Waals surface area contributed by atoms with Crippen LogP contribution in [-0.4, -0.2) is 64.9 Å². The van der Waals surface area contributed by atoms with Crippen molar-refractivity contribution in [3.8, 4) is 10.7 Å². The molecule has 34 heavy (non-hydrogen) atoms. The molecule has 3 aromatic rings. The number of aromatic nitrogens is 4. The molecule has 2 aliphatic rings. The lowest BCUT2D eigenvalue weighted by Crippen LogP contribution is -2.49. The fraction of sp³-hybridized carbons (Fsp3) is 0.381. The highest BCUT2D eigenvalue weighted by molar-refractivity contribution is 7.92. The van der Waals surface area contributed by atoms with E-state index >= 15 is 0 Å². The van der Waals surface area contributed by atoms with Gasteiger partial charge in [0, 0.05) is 25.0 Å². The quantitative estimate of drug-likeness (QED) is 0.581. The van der Waals surface area contributed by atoms with Crippen molar-refractivity contribution in [3.05, 3.63) is 47.5 Å². The molecule has 0 bridgehead atoms. The Balaban J connectivity index is 1.29. The first-order valence-corrected chi connectivity index (χ1v) is 13.3. The van der Waals surface area contributed by atoms with Crippen LogP contribution in [0, 0.1) is 5.82 Å². The summed E-state index contributed by atoms with van der Waals surface area (Å²) < 4.78 is 40.9. The van der Waals surface area contributed by atoms with Crippen LogP contribution in [0.1, 0.15) is 25.3 Å². The second kappa shape index (κ2) is 8.55. The summed E-state index contributed by atoms with van der Waals surface area (Å²) >= 11 is 1.34. The number of rotatable bonds is 4. The summed E-state index contributed by atoms with van der Waals surface area (Å²) in [4.78, 5) is 23.0. The molecule has 2 aliphatic heterocycles. The van der Waals surface area contributed by atoms with Crippen LogP contribution in [0.25, 0.3) is 10.7 Å². The van der Waals surface area contributed by atoms with Gasteiger partial charge in [-0.1, -0.05) is 11.3 Å². The summed E-state index contributed by atoms with van der Waals surface area (Å²) in [6.07, 6.45) is 4.03. The van der Waals surface area contributed by atoms with Crippen LogP contribution in [0.4, 0.5) is 20.7 Å². The summed E-state index contributed by atoms with van der Waals surface area (Å²) in [5.74, 6) is -0.121. The van der Waals surface area contributed by atoms with Gasteiger partial charge in [0.15, 0.2) is 10.8 Å². The van der Waals surface area contributed by atoms with E-state index in [-0.39, 0.29) is 18.3 Å². The van der Waals surface area contributed by atoms with Gasteiger partial charge in [-0.3, -0.25) is 9.62 Å². The first-order valence-electron chi connectivity index (χ1n) is 10.8. The van der Waals surface area contributed by atoms with E-state index < -0.39 is 21.3 Å². The van der Waals surface area contributed by atoms with E-state index in [0.29, 0.717) is 53.7 Å². The molecular weight excluding hydrogens is 481 g/mol. The number of piperidine rings is 1. The molecule has 0 radical (unpaired) electrons. The highest BCUT2D eigenvalue weighted by Crippen LogP contribution is 2.48. The molecule has 1 N–H and O–H groups in total. The van der Waals surface area contributed by atoms with Gasteiger partial charge in [0.1, 0.15) is 17.0 Å². The Labute approximate surface area is 199 Å². The van der Waals surface area contributed by atoms with Crippen LogP contribution in [0.15, 0.2) is 36.1 Å². The zero-order valence-electron chi connectivity index (χ0n) is 18.3. The lowest BCUT2D eigenvalue weighted by Gasteiger charge is -2.39. The number of anilines is 2. The topological polar surface area (TPSA) is 121 Å². The Morgan fingerprint density at radius 3 is 2.68 bits per heavy atom. The highest BCUT2D eigenvalue weighted by atomic mass is 32.2. The summed E-state index contributed by atoms with van der Waals surface area (Å²) in [5.41, 5.74) is 2.87. The Bertz CT molecular complexity index is 1310. The van der Waals surface area contributed by atoms with Crippen LogP contribution >= 0.6 is 11.3 Å². The van der Waals surface area contributed by atoms with Crippen LogP contribution in [0.3, 0.4) is 0 Å². The molecule has 1 saturated heterocycles. The van der Waals surface area contributed by atoms with Crippen molar-refractivity contribution in [2.45, 2.75) is 25.2 Å². The number of likely N-dealkylation sites (tertiary alicyclic amines) is 1. The van der Waals surface area contributed by atoms with Crippen molar-refractivity contribution in [1.82, 2.24) is 25.1 Å². The van der Waals surface area contributed by atoms with Gasteiger partial charge >= 0.3 is 6.03 Å². The maximum absolute atomic E-state index is 14.1. The smallest absolute Gasteiger partial charge is 0.323 e. The maximum atomic E-state index is 14.1. The van der Waals surface area contributed by atoms with E-state index in [0.717, 1.165) is 0 Å². The predicted molar refractivity (Wildman–Crippen MR) is 126 cm³/mol. The molecule has 178 valence electrons. The summed E-state index contributed by atoms with van der Waals surface area (Å²) in [7, 11) is -3.49. The summed E-state index contributed by atoms with van der Waals surface area (Å²) in [6.45, 7) is 2.66. The maximum Gasteiger partial charge on any atom is 0.323 e. The molecule has 10 nitrogen and oxygen atoms in total. The largest absolute Gasteiger partial charge is 0.324 e. The van der Waals surface area contributed by atoms with Gasteiger partial charge in [-0.15, -0.1) is 10.2 Å². The number of halogens is 1. The lowest BCUT2D eigenvalue weighted by molar-refractivity contribution is 0.173. The van der Waals surface area contributed by atoms with Crippen molar-refractivity contribution in [2.75, 3.05) is 35.0 Å². The fourth-order valence-corrected chi connectivity index (χ4v) is 6.27. The zero-order chi connectivity index (χ0) is 23.9. The van der Waals surface area contributed by atoms with Gasteiger partial charge in [0.25, 0.3) is 0 Å². The third kappa shape index (κ3) is 3.98. The molecule has 0 aliphatic carbocycles. The first kappa shape index (κ1) is 22.6. The van der Waals surface area contributed by atoms with Crippen molar-refractivity contribution < 1.29 is 17.6 Å². The van der Waals surface area contributed by atoms with E-state index in [1.165, 1.54) is 46.2 Å². The van der Waals surface area contributed by atoms with Crippen LogP contribution < -0.4 is 9.62 Å². The molecule has 1 spiro atoms. The van der Waals surface area contributed by atoms with Crippen LogP contribution in [0.5, 0.6) is 0 Å². The first-order chi connectivity index (χ1) is 16.3. The Morgan fingerprint density at radius 1 is 1.24 bits per heavy atom. The molecule has 5 rings (SSSR count). The van der Waals surface area contributed by atoms with Crippen molar-refractivity contribution >= 4 is 38.9 Å². The molecule has 2 amide bonds. The minimum atomic E-state index is -3.49. The van der Waals surface area contributed by atoms with E-state index in [4.69, 9.17) is 0 Å². The fourth-order valence-electron chi connectivity index (χ4n) is 4.54. The number of nitrogens with zero attached hydrogens (tertiary/aromatic N) is 6. The number of amides is 2. The molecule has 1 aromatic carbocycles. The van der Waals surface area contributed by atoms with Gasteiger partial charge in [-0.05, 0) is 43.5 Å². The number of hydrogen-bond acceptors (Lipinski definition) is 8. The number of hydrogen-bond donors (Lipinski definition) is 1. The second-order valence-corrected chi connectivity index (χ2v) is 11.3. The number of benzene rings is 1. The summed E-state index contributed by atoms with van der Waals surface area (Å²) in [5, 5.41) is 11.1. The van der Waals surface area contributed by atoms with E-state index in [1.807, 2.05) is 0 Å². The summed E-state index contributed by atoms with van der Waals surface area (Å²) in [6, 6.07) is 3.94. The van der Waals surface area contributed by atoms with Crippen LogP contribution in [-0.2, 0) is 15.4 Å². The number of sulfonamides is 1. The molecule has 0 atom stereocenters. The van der Waals surface area contributed by atoms with E-state index in [9.17, 15) is 17.6 Å². The average Bonchev–Trinajstić information content (AvgIpc) is 3.48. The van der Waals surface area contributed by atoms with E-state index in [2.05, 4.69) is 25.5 Å². The van der Waals surface area contributed by atoms with Crippen LogP contribution in [0.2, 0.25) is 0 Å². The van der Waals surface area contributed by atoms with Gasteiger partial charge in [-0.25, -0.2) is 27.6 Å². The number of urea groups is 1. The van der Waals surface area contributed by atoms with Gasteiger partial charge in [0.2, 0.25) is 10.0 Å². The van der Waals surface area contributed by atoms with Crippen molar-refractivity contribution in [2.24, 2.45) is 0 Å². The Hall–Kier alpha value is -3.19. The molecule has 4 heterocycles. The average molecular weight is 504 g/mol.